The number of ether oxygens (including phenoxy) is 1. The van der Waals surface area contributed by atoms with Crippen LogP contribution in [0.1, 0.15) is 34.2 Å². The first-order chi connectivity index (χ1) is 12.1. The first-order valence-corrected chi connectivity index (χ1v) is 7.37. The van der Waals surface area contributed by atoms with Gasteiger partial charge in [0.15, 0.2) is 0 Å². The van der Waals surface area contributed by atoms with Gasteiger partial charge in [-0.05, 0) is 24.3 Å². The van der Waals surface area contributed by atoms with Gasteiger partial charge >= 0.3 is 0 Å². The fourth-order valence-corrected chi connectivity index (χ4v) is 2.26. The van der Waals surface area contributed by atoms with Crippen LogP contribution in [0.2, 0.25) is 0 Å². The molecule has 0 fully saturated rings. The van der Waals surface area contributed by atoms with E-state index in [1.165, 1.54) is 30.5 Å². The topological polar surface area (TPSA) is 126 Å². The molecule has 0 aliphatic carbocycles. The van der Waals surface area contributed by atoms with Crippen molar-refractivity contribution in [3.05, 3.63) is 53.2 Å². The second-order valence-electron chi connectivity index (χ2n) is 5.18. The second-order valence-corrected chi connectivity index (χ2v) is 5.18. The van der Waals surface area contributed by atoms with E-state index in [4.69, 9.17) is 15.7 Å². The van der Waals surface area contributed by atoms with Crippen molar-refractivity contribution in [3.63, 3.8) is 0 Å². The number of carbonyl (C=O) groups excluding carboxylic acids is 1. The number of nitrogens with one attached hydrogen (secondary N) is 1. The van der Waals surface area contributed by atoms with Gasteiger partial charge in [0.1, 0.15) is 35.1 Å². The molecule has 0 saturated heterocycles. The van der Waals surface area contributed by atoms with Crippen molar-refractivity contribution in [2.75, 3.05) is 11.9 Å². The van der Waals surface area contributed by atoms with E-state index < -0.39 is 17.8 Å². The Hall–Kier alpha value is -3.54. The minimum atomic E-state index is -0.571. The summed E-state index contributed by atoms with van der Waals surface area (Å²) >= 11 is 0. The van der Waals surface area contributed by atoms with Crippen molar-refractivity contribution >= 4 is 17.7 Å². The van der Waals surface area contributed by atoms with Gasteiger partial charge in [0.2, 0.25) is 0 Å². The van der Waals surface area contributed by atoms with E-state index >= 15 is 0 Å². The average molecular weight is 340 g/mol. The Morgan fingerprint density at radius 3 is 2.92 bits per heavy atom. The fraction of sp³-hybridized carbons (Fsp3) is 0.188. The van der Waals surface area contributed by atoms with Crippen molar-refractivity contribution in [2.24, 2.45) is 10.7 Å². The number of halogens is 1. The minimum absolute atomic E-state index is 0.0197. The Morgan fingerprint density at radius 2 is 2.24 bits per heavy atom. The smallest absolute Gasteiger partial charge is 0.282 e. The number of nitrogens with zero attached hydrogens (tertiary/aromatic N) is 4. The molecule has 1 aliphatic heterocycles. The molecule has 0 unspecified atom stereocenters. The number of hydrogen-bond donors (Lipinski definition) is 2. The summed E-state index contributed by atoms with van der Waals surface area (Å²) in [4.78, 5) is 24.2. The number of hydrogen-bond acceptors (Lipinski definition) is 7. The normalized spacial score (nSPS) is 16.3. The summed E-state index contributed by atoms with van der Waals surface area (Å²) < 4.78 is 19.1. The van der Waals surface area contributed by atoms with Gasteiger partial charge in [-0.15, -0.1) is 0 Å². The van der Waals surface area contributed by atoms with Gasteiger partial charge in [0, 0.05) is 12.6 Å². The average Bonchev–Trinajstić information content (AvgIpc) is 2.63. The largest absolute Gasteiger partial charge is 0.465 e. The van der Waals surface area contributed by atoms with E-state index in [1.54, 1.807) is 0 Å². The molecular formula is C16H13FN6O2. The molecule has 3 N–H and O–H groups in total. The molecule has 2 aromatic heterocycles. The summed E-state index contributed by atoms with van der Waals surface area (Å²) in [5.74, 6) is -0.907. The van der Waals surface area contributed by atoms with E-state index in [9.17, 15) is 9.18 Å². The lowest BCUT2D eigenvalue weighted by atomic mass is 10.1. The third kappa shape index (κ3) is 3.69. The van der Waals surface area contributed by atoms with Gasteiger partial charge < -0.3 is 15.8 Å². The van der Waals surface area contributed by atoms with E-state index in [1.807, 2.05) is 6.07 Å². The second kappa shape index (κ2) is 6.92. The monoisotopic (exact) mass is 340 g/mol. The number of aromatic nitrogens is 2. The van der Waals surface area contributed by atoms with Crippen LogP contribution in [-0.2, 0) is 4.74 Å². The van der Waals surface area contributed by atoms with Gasteiger partial charge in [0.05, 0.1) is 12.2 Å². The Kier molecular flexibility index (Phi) is 4.52. The number of anilines is 1. The predicted molar refractivity (Wildman–Crippen MR) is 86.0 cm³/mol. The summed E-state index contributed by atoms with van der Waals surface area (Å²) in [7, 11) is 0. The molecule has 0 radical (unpaired) electrons. The highest BCUT2D eigenvalue weighted by Crippen LogP contribution is 2.26. The molecule has 0 spiro atoms. The highest BCUT2D eigenvalue weighted by atomic mass is 19.1. The van der Waals surface area contributed by atoms with Crippen molar-refractivity contribution in [1.29, 1.82) is 5.26 Å². The maximum absolute atomic E-state index is 14.1. The first-order valence-electron chi connectivity index (χ1n) is 7.37. The van der Waals surface area contributed by atoms with Crippen molar-refractivity contribution in [2.45, 2.75) is 12.5 Å². The van der Waals surface area contributed by atoms with Crippen LogP contribution in [0.5, 0.6) is 0 Å². The predicted octanol–water partition coefficient (Wildman–Crippen LogP) is 1.52. The van der Waals surface area contributed by atoms with E-state index in [2.05, 4.69) is 20.3 Å². The zero-order valence-corrected chi connectivity index (χ0v) is 12.9. The Morgan fingerprint density at radius 1 is 1.40 bits per heavy atom. The summed E-state index contributed by atoms with van der Waals surface area (Å²) in [5, 5.41) is 11.3. The number of amides is 1. The Balaban J connectivity index is 1.81. The number of pyridine rings is 2. The molecule has 0 saturated carbocycles. The van der Waals surface area contributed by atoms with Crippen LogP contribution >= 0.6 is 0 Å². The SMILES string of the molecule is N#Cc1ccc(C(=O)Nc2ccc(F)c([C@H]3CCOC(N)=N3)n2)nc1. The lowest BCUT2D eigenvalue weighted by molar-refractivity contribution is 0.102. The van der Waals surface area contributed by atoms with Crippen molar-refractivity contribution < 1.29 is 13.9 Å². The molecule has 25 heavy (non-hydrogen) atoms. The molecule has 0 bridgehead atoms. The van der Waals surface area contributed by atoms with Crippen LogP contribution in [0.3, 0.4) is 0 Å². The molecule has 0 aromatic carbocycles. The highest BCUT2D eigenvalue weighted by Gasteiger charge is 2.22. The van der Waals surface area contributed by atoms with Crippen molar-refractivity contribution in [3.8, 4) is 6.07 Å². The molecule has 3 rings (SSSR count). The Bertz CT molecular complexity index is 875. The first kappa shape index (κ1) is 16.3. The van der Waals surface area contributed by atoms with Crippen LogP contribution < -0.4 is 11.1 Å². The van der Waals surface area contributed by atoms with Crippen LogP contribution in [0, 0.1) is 17.1 Å². The molecule has 9 heteroatoms. The molecule has 8 nitrogen and oxygen atoms in total. The van der Waals surface area contributed by atoms with E-state index in [-0.39, 0.29) is 23.2 Å². The molecule has 3 heterocycles. The standard InChI is InChI=1S/C16H13FN6O2/c17-10-2-4-13(22-14(10)11-5-6-25-16(19)21-11)23-15(24)12-3-1-9(7-18)8-20-12/h1-4,8,11H,5-6H2,(H2,19,21)(H,22,23,24)/t11-/m1/s1. The van der Waals surface area contributed by atoms with Gasteiger partial charge in [-0.3, -0.25) is 4.79 Å². The fourth-order valence-electron chi connectivity index (χ4n) is 2.26. The number of nitriles is 1. The third-order valence-electron chi connectivity index (χ3n) is 3.48. The van der Waals surface area contributed by atoms with Crippen molar-refractivity contribution in [1.82, 2.24) is 9.97 Å². The number of nitrogens with two attached hydrogens (primary N) is 1. The summed E-state index contributed by atoms with van der Waals surface area (Å²) in [6.07, 6.45) is 1.72. The number of amidine groups is 1. The summed E-state index contributed by atoms with van der Waals surface area (Å²) in [6, 6.07) is 6.76. The lowest BCUT2D eigenvalue weighted by Gasteiger charge is -2.19. The summed E-state index contributed by atoms with van der Waals surface area (Å²) in [5.41, 5.74) is 6.04. The van der Waals surface area contributed by atoms with Crippen LogP contribution in [-0.4, -0.2) is 28.5 Å². The van der Waals surface area contributed by atoms with E-state index in [0.29, 0.717) is 18.6 Å². The zero-order chi connectivity index (χ0) is 17.8. The van der Waals surface area contributed by atoms with E-state index in [0.717, 1.165) is 0 Å². The highest BCUT2D eigenvalue weighted by molar-refractivity contribution is 6.02. The quantitative estimate of drug-likeness (QED) is 0.872. The number of carbonyl (C=O) groups is 1. The van der Waals surface area contributed by atoms with Crippen LogP contribution in [0.25, 0.3) is 0 Å². The van der Waals surface area contributed by atoms with Gasteiger partial charge in [0.25, 0.3) is 11.9 Å². The molecule has 2 aromatic rings. The molecular weight excluding hydrogens is 327 g/mol. The van der Waals surface area contributed by atoms with Gasteiger partial charge in [-0.1, -0.05) is 0 Å². The minimum Gasteiger partial charge on any atom is -0.465 e. The van der Waals surface area contributed by atoms with Gasteiger partial charge in [-0.25, -0.2) is 19.4 Å². The molecule has 1 aliphatic rings. The maximum Gasteiger partial charge on any atom is 0.282 e. The molecule has 126 valence electrons. The van der Waals surface area contributed by atoms with Crippen LogP contribution in [0.15, 0.2) is 35.5 Å². The van der Waals surface area contributed by atoms with Crippen LogP contribution in [0.4, 0.5) is 10.2 Å². The molecule has 1 atom stereocenters. The Labute approximate surface area is 142 Å². The molecule has 1 amide bonds. The lowest BCUT2D eigenvalue weighted by Crippen LogP contribution is -2.24. The number of aliphatic imine (C=N–C) groups is 1. The van der Waals surface area contributed by atoms with Gasteiger partial charge in [-0.2, -0.15) is 5.26 Å². The summed E-state index contributed by atoms with van der Waals surface area (Å²) in [6.45, 7) is 0.312. The maximum atomic E-state index is 14.1. The number of rotatable bonds is 3. The zero-order valence-electron chi connectivity index (χ0n) is 12.9. The third-order valence-corrected chi connectivity index (χ3v) is 3.48.